The van der Waals surface area contributed by atoms with E-state index >= 15 is 0 Å². The quantitative estimate of drug-likeness (QED) is 0.682. The van der Waals surface area contributed by atoms with Crippen molar-refractivity contribution >= 4 is 22.8 Å². The summed E-state index contributed by atoms with van der Waals surface area (Å²) in [6.07, 6.45) is 11.1. The molecule has 1 unspecified atom stereocenters. The summed E-state index contributed by atoms with van der Waals surface area (Å²) >= 11 is 0. The number of fused-ring (bicyclic) bond motifs is 1. The first kappa shape index (κ1) is 24.5. The van der Waals surface area contributed by atoms with E-state index in [1.54, 1.807) is 4.68 Å². The normalized spacial score (nSPS) is 23.5. The zero-order valence-electron chi connectivity index (χ0n) is 21.7. The Morgan fingerprint density at radius 3 is 2.43 bits per heavy atom. The molecule has 3 aliphatic heterocycles. The van der Waals surface area contributed by atoms with Crippen LogP contribution in [0.2, 0.25) is 0 Å². The van der Waals surface area contributed by atoms with Crippen LogP contribution in [0.4, 0.5) is 5.82 Å². The van der Waals surface area contributed by atoms with E-state index < -0.39 is 0 Å². The van der Waals surface area contributed by atoms with E-state index in [1.165, 1.54) is 58.0 Å². The minimum Gasteiger partial charge on any atom is -0.357 e. The molecule has 3 aliphatic rings. The molecule has 2 aromatic rings. The highest BCUT2D eigenvalue weighted by Gasteiger charge is 2.25. The third-order valence-corrected chi connectivity index (χ3v) is 8.38. The summed E-state index contributed by atoms with van der Waals surface area (Å²) in [6, 6.07) is 5.04. The Morgan fingerprint density at radius 1 is 0.943 bits per heavy atom. The maximum atomic E-state index is 13.2. The van der Waals surface area contributed by atoms with Gasteiger partial charge in [-0.05, 0) is 64.1 Å². The first-order valence-corrected chi connectivity index (χ1v) is 13.9. The molecule has 5 heterocycles. The van der Waals surface area contributed by atoms with Gasteiger partial charge in [0.05, 0.1) is 5.39 Å². The van der Waals surface area contributed by atoms with Crippen molar-refractivity contribution in [2.45, 2.75) is 76.8 Å². The average Bonchev–Trinajstić information content (AvgIpc) is 3.03. The molecule has 0 spiro atoms. The van der Waals surface area contributed by atoms with Gasteiger partial charge in [-0.2, -0.15) is 5.10 Å². The van der Waals surface area contributed by atoms with Crippen molar-refractivity contribution in [3.05, 3.63) is 17.8 Å². The third kappa shape index (κ3) is 5.80. The van der Waals surface area contributed by atoms with E-state index in [-0.39, 0.29) is 11.9 Å². The van der Waals surface area contributed by atoms with E-state index in [0.717, 1.165) is 68.5 Å². The van der Waals surface area contributed by atoms with Gasteiger partial charge in [-0.1, -0.05) is 19.3 Å². The van der Waals surface area contributed by atoms with Gasteiger partial charge in [0.1, 0.15) is 5.82 Å². The van der Waals surface area contributed by atoms with Crippen molar-refractivity contribution in [3.63, 3.8) is 0 Å². The number of likely N-dealkylation sites (tertiary alicyclic amines) is 2. The van der Waals surface area contributed by atoms with Crippen LogP contribution in [0, 0.1) is 0 Å². The van der Waals surface area contributed by atoms with E-state index in [4.69, 9.17) is 4.98 Å². The minimum absolute atomic E-state index is 0.0690. The second-order valence-electron chi connectivity index (χ2n) is 10.9. The number of anilines is 1. The standard InChI is InChI=1S/C27H43N7O/c1-21-9-5-8-14-33(21)20-19-32-17-12-22(13-18-32)28-27(35)25-23-10-11-24(29-26(23)31(2)30-25)34-15-6-3-4-7-16-34/h10-11,21-22H,3-9,12-20H2,1-2H3,(H,28,35). The largest absolute Gasteiger partial charge is 0.357 e. The predicted molar refractivity (Wildman–Crippen MR) is 141 cm³/mol. The van der Waals surface area contributed by atoms with E-state index in [0.29, 0.717) is 5.69 Å². The molecule has 3 saturated heterocycles. The highest BCUT2D eigenvalue weighted by Crippen LogP contribution is 2.24. The van der Waals surface area contributed by atoms with Gasteiger partial charge in [-0.25, -0.2) is 9.67 Å². The maximum Gasteiger partial charge on any atom is 0.272 e. The number of carbonyl (C=O) groups is 1. The second-order valence-corrected chi connectivity index (χ2v) is 10.9. The smallest absolute Gasteiger partial charge is 0.272 e. The lowest BCUT2D eigenvalue weighted by molar-refractivity contribution is 0.0891. The zero-order valence-corrected chi connectivity index (χ0v) is 21.7. The highest BCUT2D eigenvalue weighted by molar-refractivity contribution is 6.04. The maximum absolute atomic E-state index is 13.2. The molecular weight excluding hydrogens is 438 g/mol. The summed E-state index contributed by atoms with van der Waals surface area (Å²) in [5.74, 6) is 0.932. The minimum atomic E-state index is -0.0690. The van der Waals surface area contributed by atoms with Crippen molar-refractivity contribution in [3.8, 4) is 0 Å². The van der Waals surface area contributed by atoms with Gasteiger partial charge in [-0.15, -0.1) is 0 Å². The van der Waals surface area contributed by atoms with Crippen LogP contribution in [0.25, 0.3) is 11.0 Å². The number of nitrogens with zero attached hydrogens (tertiary/aromatic N) is 6. The Morgan fingerprint density at radius 2 is 1.69 bits per heavy atom. The van der Waals surface area contributed by atoms with Crippen LogP contribution >= 0.6 is 0 Å². The van der Waals surface area contributed by atoms with Crippen LogP contribution < -0.4 is 10.2 Å². The fourth-order valence-corrected chi connectivity index (χ4v) is 6.08. The number of carbonyl (C=O) groups excluding carboxylic acids is 1. The number of aromatic nitrogens is 3. The Bertz CT molecular complexity index is 989. The third-order valence-electron chi connectivity index (χ3n) is 8.38. The van der Waals surface area contributed by atoms with Gasteiger partial charge in [0, 0.05) is 58.4 Å². The van der Waals surface area contributed by atoms with Gasteiger partial charge in [0.15, 0.2) is 11.3 Å². The van der Waals surface area contributed by atoms with Crippen LogP contribution in [0.15, 0.2) is 12.1 Å². The topological polar surface area (TPSA) is 69.5 Å². The lowest BCUT2D eigenvalue weighted by Gasteiger charge is -2.37. The molecule has 8 heteroatoms. The summed E-state index contributed by atoms with van der Waals surface area (Å²) in [7, 11) is 1.89. The average molecular weight is 482 g/mol. The Kier molecular flexibility index (Phi) is 7.88. The van der Waals surface area contributed by atoms with Crippen LogP contribution in [-0.2, 0) is 7.05 Å². The lowest BCUT2D eigenvalue weighted by atomic mass is 10.0. The number of nitrogens with one attached hydrogen (secondary N) is 1. The van der Waals surface area contributed by atoms with Crippen LogP contribution in [0.3, 0.4) is 0 Å². The summed E-state index contributed by atoms with van der Waals surface area (Å²) in [6.45, 7) is 10.1. The molecule has 3 fully saturated rings. The molecule has 0 bridgehead atoms. The molecule has 0 aliphatic carbocycles. The number of amides is 1. The first-order valence-electron chi connectivity index (χ1n) is 13.9. The van der Waals surface area contributed by atoms with Gasteiger partial charge in [0.2, 0.25) is 0 Å². The summed E-state index contributed by atoms with van der Waals surface area (Å²) in [5.41, 5.74) is 1.29. The number of piperidine rings is 2. The van der Waals surface area contributed by atoms with Crippen molar-refractivity contribution in [1.82, 2.24) is 29.9 Å². The highest BCUT2D eigenvalue weighted by atomic mass is 16.2. The fraction of sp³-hybridized carbons (Fsp3) is 0.741. The van der Waals surface area contributed by atoms with Crippen LogP contribution in [0.5, 0.6) is 0 Å². The number of pyridine rings is 1. The molecule has 0 aromatic carbocycles. The molecule has 1 N–H and O–H groups in total. The number of rotatable bonds is 6. The Balaban J connectivity index is 1.15. The molecule has 1 atom stereocenters. The molecule has 0 radical (unpaired) electrons. The first-order chi connectivity index (χ1) is 17.1. The number of hydrogen-bond donors (Lipinski definition) is 1. The molecule has 1 amide bonds. The van der Waals surface area contributed by atoms with E-state index in [1.807, 2.05) is 13.1 Å². The molecular formula is C27H43N7O. The zero-order chi connectivity index (χ0) is 24.2. The molecule has 2 aromatic heterocycles. The summed E-state index contributed by atoms with van der Waals surface area (Å²) in [5, 5.41) is 8.68. The summed E-state index contributed by atoms with van der Waals surface area (Å²) < 4.78 is 1.76. The van der Waals surface area contributed by atoms with Crippen molar-refractivity contribution < 1.29 is 4.79 Å². The van der Waals surface area contributed by atoms with Gasteiger partial charge in [0.25, 0.3) is 5.91 Å². The molecule has 35 heavy (non-hydrogen) atoms. The van der Waals surface area contributed by atoms with Crippen molar-refractivity contribution in [2.24, 2.45) is 7.05 Å². The number of aryl methyl sites for hydroxylation is 1. The van der Waals surface area contributed by atoms with Gasteiger partial charge in [-0.3, -0.25) is 9.69 Å². The van der Waals surface area contributed by atoms with E-state index in [9.17, 15) is 4.79 Å². The lowest BCUT2D eigenvalue weighted by Crippen LogP contribution is -2.48. The molecule has 8 nitrogen and oxygen atoms in total. The predicted octanol–water partition coefficient (Wildman–Crippen LogP) is 3.42. The molecule has 5 rings (SSSR count). The van der Waals surface area contributed by atoms with Gasteiger partial charge < -0.3 is 15.1 Å². The van der Waals surface area contributed by atoms with Gasteiger partial charge >= 0.3 is 0 Å². The second kappa shape index (κ2) is 11.2. The van der Waals surface area contributed by atoms with Crippen LogP contribution in [0.1, 0.15) is 75.2 Å². The number of hydrogen-bond acceptors (Lipinski definition) is 6. The van der Waals surface area contributed by atoms with Crippen LogP contribution in [-0.4, -0.2) is 88.4 Å². The Labute approximate surface area is 210 Å². The van der Waals surface area contributed by atoms with Crippen molar-refractivity contribution in [1.29, 1.82) is 0 Å². The monoisotopic (exact) mass is 481 g/mol. The molecule has 192 valence electrons. The molecule has 0 saturated carbocycles. The summed E-state index contributed by atoms with van der Waals surface area (Å²) in [4.78, 5) is 25.7. The Hall–Kier alpha value is -2.19. The van der Waals surface area contributed by atoms with E-state index in [2.05, 4.69) is 38.1 Å². The van der Waals surface area contributed by atoms with Crippen molar-refractivity contribution in [2.75, 3.05) is 50.7 Å². The fourth-order valence-electron chi connectivity index (χ4n) is 6.08. The SMILES string of the molecule is CC1CCCCN1CCN1CCC(NC(=O)c2nn(C)c3nc(N4CCCCCC4)ccc23)CC1.